The van der Waals surface area contributed by atoms with E-state index in [9.17, 15) is 9.59 Å². The van der Waals surface area contributed by atoms with Gasteiger partial charge in [-0.15, -0.1) is 0 Å². The Morgan fingerprint density at radius 1 is 1.05 bits per heavy atom. The van der Waals surface area contributed by atoms with Gasteiger partial charge in [-0.3, -0.25) is 0 Å². The zero-order chi connectivity index (χ0) is 14.2. The van der Waals surface area contributed by atoms with Crippen LogP contribution in [0.25, 0.3) is 0 Å². The van der Waals surface area contributed by atoms with Gasteiger partial charge in [0.1, 0.15) is 0 Å². The minimum atomic E-state index is -0.180. The number of rotatable bonds is 9. The van der Waals surface area contributed by atoms with Gasteiger partial charge in [0.15, 0.2) is 0 Å². The fraction of sp³-hybridized carbons (Fsp3) is 0.800. The van der Waals surface area contributed by atoms with E-state index in [4.69, 9.17) is 0 Å². The van der Waals surface area contributed by atoms with Crippen LogP contribution in [-0.4, -0.2) is 68.4 Å². The summed E-state index contributed by atoms with van der Waals surface area (Å²) in [7, 11) is 7.13. The Kier molecular flexibility index (Phi) is 8.44. The fourth-order valence-electron chi connectivity index (χ4n) is 1.72. The Balaban J connectivity index is 1.38. The van der Waals surface area contributed by atoms with Crippen LogP contribution in [0.15, 0.2) is 0 Å². The minimum absolute atomic E-state index is 0.0655. The first-order valence-electron chi connectivity index (χ1n) is 6.26. The number of nitrogens with one attached hydrogen (secondary N) is 1. The van der Waals surface area contributed by atoms with E-state index in [1.54, 1.807) is 30.4 Å². The third-order valence-corrected chi connectivity index (χ3v) is 11.5. The van der Waals surface area contributed by atoms with Crippen LogP contribution in [0.1, 0.15) is 0 Å². The second-order valence-corrected chi connectivity index (χ2v) is 13.1. The zero-order valence-corrected chi connectivity index (χ0v) is 16.3. The van der Waals surface area contributed by atoms with Gasteiger partial charge >= 0.3 is 129 Å². The van der Waals surface area contributed by atoms with E-state index >= 15 is 0 Å². The van der Waals surface area contributed by atoms with E-state index in [-0.39, 0.29) is 27.2 Å². The Bertz CT molecular complexity index is 318. The zero-order valence-electron chi connectivity index (χ0n) is 10.9. The van der Waals surface area contributed by atoms with Gasteiger partial charge < -0.3 is 5.32 Å². The van der Waals surface area contributed by atoms with E-state index in [2.05, 4.69) is 5.32 Å². The van der Waals surface area contributed by atoms with Crippen LogP contribution in [0.2, 0.25) is 0 Å². The van der Waals surface area contributed by atoms with E-state index in [0.717, 1.165) is 48.7 Å². The molecule has 5 nitrogen and oxygen atoms in total. The van der Waals surface area contributed by atoms with Crippen molar-refractivity contribution < 1.29 is 30.8 Å². The molecule has 0 radical (unpaired) electrons. The number of nitrogens with zero attached hydrogens (tertiary/aromatic N) is 2. The molecular formula is C10H17IN3O2S4-. The molecular weight excluding hydrogens is 449 g/mol. The molecule has 0 atom stereocenters. The number of urea groups is 1. The van der Waals surface area contributed by atoms with Crippen LogP contribution in [0.5, 0.6) is 0 Å². The Labute approximate surface area is 144 Å². The standard InChI is InChI=1S/C10H17IN3O2S4/c15-9-11-1-3-13(9)5-7-17-19-20-18-8-6-14-4-2-12-10(14)16/h1-8H2,(H,12,16)/q-1. The SMILES string of the molecule is O=C1NCCN1CCSSSSCCN1CC[I-]C1=O. The van der Waals surface area contributed by atoms with Crippen molar-refractivity contribution >= 4 is 51.2 Å². The summed E-state index contributed by atoms with van der Waals surface area (Å²) in [5.41, 5.74) is 0. The molecule has 2 saturated heterocycles. The average Bonchev–Trinajstić information content (AvgIpc) is 3.02. The molecule has 1 N–H and O–H groups in total. The first kappa shape index (κ1) is 17.2. The van der Waals surface area contributed by atoms with Gasteiger partial charge in [0.2, 0.25) is 0 Å². The molecule has 20 heavy (non-hydrogen) atoms. The van der Waals surface area contributed by atoms with Crippen molar-refractivity contribution in [3.63, 3.8) is 0 Å². The molecule has 0 aromatic carbocycles. The van der Waals surface area contributed by atoms with Gasteiger partial charge in [-0.2, -0.15) is 0 Å². The normalized spacial score (nSPS) is 19.4. The second kappa shape index (κ2) is 9.80. The number of halogens is 1. The van der Waals surface area contributed by atoms with E-state index in [1.807, 2.05) is 20.6 Å². The van der Waals surface area contributed by atoms with Crippen LogP contribution in [0.3, 0.4) is 0 Å². The topological polar surface area (TPSA) is 52.7 Å². The Morgan fingerprint density at radius 2 is 1.75 bits per heavy atom. The number of carbonyl (C=O) groups is 2. The summed E-state index contributed by atoms with van der Waals surface area (Å²) < 4.78 is 1.55. The quantitative estimate of drug-likeness (QED) is 0.120. The van der Waals surface area contributed by atoms with Gasteiger partial charge in [-0.25, -0.2) is 4.79 Å². The van der Waals surface area contributed by atoms with Crippen molar-refractivity contribution in [1.29, 1.82) is 0 Å². The molecule has 10 heteroatoms. The molecule has 2 aliphatic rings. The summed E-state index contributed by atoms with van der Waals surface area (Å²) in [5, 5.41) is 2.80. The van der Waals surface area contributed by atoms with Gasteiger partial charge in [0.05, 0.1) is 0 Å². The second-order valence-electron chi connectivity index (χ2n) is 4.06. The molecule has 2 heterocycles. The van der Waals surface area contributed by atoms with Crippen molar-refractivity contribution in [2.24, 2.45) is 0 Å². The van der Waals surface area contributed by atoms with Gasteiger partial charge in [-0.05, 0) is 0 Å². The number of amides is 3. The maximum atomic E-state index is 11.4. The van der Waals surface area contributed by atoms with Crippen molar-refractivity contribution in [3.05, 3.63) is 0 Å². The first-order chi connectivity index (χ1) is 9.77. The van der Waals surface area contributed by atoms with Crippen molar-refractivity contribution in [3.8, 4) is 0 Å². The molecule has 116 valence electrons. The number of hydrogen-bond donors (Lipinski definition) is 1. The predicted octanol–water partition coefficient (Wildman–Crippen LogP) is -0.786. The van der Waals surface area contributed by atoms with Crippen LogP contribution < -0.4 is 26.5 Å². The van der Waals surface area contributed by atoms with E-state index < -0.39 is 0 Å². The fourth-order valence-corrected chi connectivity index (χ4v) is 9.92. The van der Waals surface area contributed by atoms with Crippen LogP contribution in [0, 0.1) is 0 Å². The summed E-state index contributed by atoms with van der Waals surface area (Å²) >= 11 is -0.180. The maximum absolute atomic E-state index is 11.4. The molecule has 0 aromatic heterocycles. The molecule has 0 unspecified atom stereocenters. The predicted molar refractivity (Wildman–Crippen MR) is 86.9 cm³/mol. The molecule has 2 aliphatic heterocycles. The Morgan fingerprint density at radius 3 is 2.30 bits per heavy atom. The molecule has 0 aliphatic carbocycles. The molecule has 0 saturated carbocycles. The summed E-state index contributed by atoms with van der Waals surface area (Å²) in [5.74, 6) is 1.96. The molecule has 3 amide bonds. The van der Waals surface area contributed by atoms with E-state index in [1.165, 1.54) is 0 Å². The van der Waals surface area contributed by atoms with Gasteiger partial charge in [-0.1, -0.05) is 0 Å². The molecule has 0 spiro atoms. The number of alkyl halides is 1. The summed E-state index contributed by atoms with van der Waals surface area (Å²) in [4.78, 5) is 26.6. The van der Waals surface area contributed by atoms with Crippen LogP contribution >= 0.6 is 41.2 Å². The average molecular weight is 466 g/mol. The molecule has 2 rings (SSSR count). The monoisotopic (exact) mass is 466 g/mol. The summed E-state index contributed by atoms with van der Waals surface area (Å²) in [6, 6.07) is 0.0655. The molecule has 0 aromatic rings. The number of hydrogen-bond acceptors (Lipinski definition) is 6. The Hall–Kier alpha value is 0.870. The van der Waals surface area contributed by atoms with Gasteiger partial charge in [0, 0.05) is 6.54 Å². The van der Waals surface area contributed by atoms with Crippen molar-refractivity contribution in [2.75, 3.05) is 48.7 Å². The summed E-state index contributed by atoms with van der Waals surface area (Å²) in [6.45, 7) is 4.31. The third-order valence-electron chi connectivity index (χ3n) is 2.77. The van der Waals surface area contributed by atoms with Crippen molar-refractivity contribution in [2.45, 2.75) is 0 Å². The first-order valence-corrected chi connectivity index (χ1v) is 14.0. The molecule has 2 fully saturated rings. The third kappa shape index (κ3) is 5.93. The number of carbonyl (C=O) groups excluding carboxylic acids is 2. The van der Waals surface area contributed by atoms with Crippen molar-refractivity contribution in [1.82, 2.24) is 15.1 Å². The molecule has 0 bridgehead atoms. The van der Waals surface area contributed by atoms with Crippen LogP contribution in [0.4, 0.5) is 9.59 Å². The van der Waals surface area contributed by atoms with E-state index in [0.29, 0.717) is 3.91 Å². The van der Waals surface area contributed by atoms with Gasteiger partial charge in [0.25, 0.3) is 0 Å². The van der Waals surface area contributed by atoms with Crippen LogP contribution in [-0.2, 0) is 0 Å². The summed E-state index contributed by atoms with van der Waals surface area (Å²) in [6.07, 6.45) is 0.